The van der Waals surface area contributed by atoms with Crippen molar-refractivity contribution >= 4 is 15.9 Å². The van der Waals surface area contributed by atoms with E-state index in [-0.39, 0.29) is 0 Å². The maximum Gasteiger partial charge on any atom is 0.120 e. The van der Waals surface area contributed by atoms with E-state index in [0.29, 0.717) is 19.2 Å². The molecule has 1 aromatic rings. The number of aliphatic hydroxyl groups excluding tert-OH is 1. The Morgan fingerprint density at radius 1 is 1.25 bits per heavy atom. The van der Waals surface area contributed by atoms with Gasteiger partial charge in [-0.25, -0.2) is 0 Å². The molecule has 0 amide bonds. The van der Waals surface area contributed by atoms with Gasteiger partial charge in [0.1, 0.15) is 18.5 Å². The molecule has 0 aliphatic heterocycles. The average Bonchev–Trinajstić information content (AvgIpc) is 2.40. The Kier molecular flexibility index (Phi) is 8.19. The number of nitrogens with one attached hydrogen (secondary N) is 1. The highest BCUT2D eigenvalue weighted by molar-refractivity contribution is 9.10. The van der Waals surface area contributed by atoms with Crippen molar-refractivity contribution in [2.75, 3.05) is 13.2 Å². The zero-order valence-electron chi connectivity index (χ0n) is 12.6. The Balaban J connectivity index is 2.18. The minimum Gasteiger partial charge on any atom is -0.491 e. The van der Waals surface area contributed by atoms with E-state index in [9.17, 15) is 5.11 Å². The fraction of sp³-hybridized carbons (Fsp3) is 0.625. The molecule has 0 fully saturated rings. The summed E-state index contributed by atoms with van der Waals surface area (Å²) in [5.41, 5.74) is 0. The topological polar surface area (TPSA) is 41.5 Å². The largest absolute Gasteiger partial charge is 0.491 e. The van der Waals surface area contributed by atoms with Crippen LogP contribution in [0.25, 0.3) is 0 Å². The molecule has 2 N–H and O–H groups in total. The average molecular weight is 344 g/mol. The molecule has 114 valence electrons. The van der Waals surface area contributed by atoms with Crippen LogP contribution in [0, 0.1) is 5.92 Å². The molecule has 2 atom stereocenters. The van der Waals surface area contributed by atoms with Crippen LogP contribution < -0.4 is 10.1 Å². The predicted molar refractivity (Wildman–Crippen MR) is 87.2 cm³/mol. The lowest BCUT2D eigenvalue weighted by molar-refractivity contribution is 0.103. The van der Waals surface area contributed by atoms with Gasteiger partial charge >= 0.3 is 0 Å². The quantitative estimate of drug-likeness (QED) is 0.719. The smallest absolute Gasteiger partial charge is 0.120 e. The Labute approximate surface area is 130 Å². The summed E-state index contributed by atoms with van der Waals surface area (Å²) in [6.45, 7) is 7.48. The third-order valence-electron chi connectivity index (χ3n) is 3.12. The Morgan fingerprint density at radius 2 is 2.00 bits per heavy atom. The highest BCUT2D eigenvalue weighted by Gasteiger charge is 2.08. The third-order valence-corrected chi connectivity index (χ3v) is 3.61. The zero-order chi connectivity index (χ0) is 15.0. The minimum atomic E-state index is -0.490. The fourth-order valence-corrected chi connectivity index (χ4v) is 2.21. The maximum atomic E-state index is 9.91. The molecule has 1 aromatic carbocycles. The molecular weight excluding hydrogens is 318 g/mol. The lowest BCUT2D eigenvalue weighted by Gasteiger charge is -2.18. The zero-order valence-corrected chi connectivity index (χ0v) is 14.2. The van der Waals surface area contributed by atoms with Crippen LogP contribution >= 0.6 is 15.9 Å². The van der Waals surface area contributed by atoms with Crippen LogP contribution in [-0.2, 0) is 0 Å². The molecule has 4 heteroatoms. The van der Waals surface area contributed by atoms with Crippen molar-refractivity contribution < 1.29 is 9.84 Å². The van der Waals surface area contributed by atoms with Gasteiger partial charge in [-0.2, -0.15) is 0 Å². The summed E-state index contributed by atoms with van der Waals surface area (Å²) in [5.74, 6) is 1.50. The first-order chi connectivity index (χ1) is 9.47. The minimum absolute atomic E-state index is 0.306. The van der Waals surface area contributed by atoms with E-state index in [0.717, 1.165) is 22.6 Å². The molecule has 0 saturated heterocycles. The van der Waals surface area contributed by atoms with E-state index in [4.69, 9.17) is 4.74 Å². The molecule has 0 spiro atoms. The molecule has 0 bridgehead atoms. The van der Waals surface area contributed by atoms with Gasteiger partial charge in [0.15, 0.2) is 0 Å². The monoisotopic (exact) mass is 343 g/mol. The van der Waals surface area contributed by atoms with Gasteiger partial charge < -0.3 is 15.2 Å². The maximum absolute atomic E-state index is 9.91. The second kappa shape index (κ2) is 9.37. The van der Waals surface area contributed by atoms with Gasteiger partial charge in [0, 0.05) is 17.1 Å². The summed E-state index contributed by atoms with van der Waals surface area (Å²) in [5, 5.41) is 13.3. The number of hydrogen-bond acceptors (Lipinski definition) is 3. The van der Waals surface area contributed by atoms with Gasteiger partial charge in [-0.1, -0.05) is 35.8 Å². The van der Waals surface area contributed by atoms with Gasteiger partial charge in [-0.3, -0.25) is 0 Å². The normalized spacial score (nSPS) is 14.3. The van der Waals surface area contributed by atoms with Gasteiger partial charge in [0.2, 0.25) is 0 Å². The number of aliphatic hydroxyl groups is 1. The van der Waals surface area contributed by atoms with Crippen molar-refractivity contribution in [2.45, 2.75) is 45.8 Å². The Bertz CT molecular complexity index is 384. The summed E-state index contributed by atoms with van der Waals surface area (Å²) in [6, 6.07) is 8.07. The van der Waals surface area contributed by atoms with Crippen molar-refractivity contribution in [3.63, 3.8) is 0 Å². The van der Waals surface area contributed by atoms with Crippen molar-refractivity contribution in [3.05, 3.63) is 28.7 Å². The molecule has 0 radical (unpaired) electrons. The SMILES string of the molecule is CC(C)CCC(C)NCC(O)COc1cccc(Br)c1. The van der Waals surface area contributed by atoms with E-state index in [1.54, 1.807) is 0 Å². The first kappa shape index (κ1) is 17.5. The van der Waals surface area contributed by atoms with Crippen molar-refractivity contribution in [1.29, 1.82) is 0 Å². The Hall–Kier alpha value is -0.580. The van der Waals surface area contributed by atoms with E-state index < -0.39 is 6.10 Å². The van der Waals surface area contributed by atoms with Gasteiger partial charge in [-0.15, -0.1) is 0 Å². The highest BCUT2D eigenvalue weighted by Crippen LogP contribution is 2.17. The molecule has 0 saturated carbocycles. The van der Waals surface area contributed by atoms with Gasteiger partial charge in [-0.05, 0) is 43.9 Å². The number of benzene rings is 1. The summed E-state index contributed by atoms with van der Waals surface area (Å²) in [6.07, 6.45) is 1.85. The van der Waals surface area contributed by atoms with Crippen molar-refractivity contribution in [3.8, 4) is 5.75 Å². The van der Waals surface area contributed by atoms with Crippen LogP contribution in [0.1, 0.15) is 33.6 Å². The summed E-state index contributed by atoms with van der Waals surface area (Å²) >= 11 is 3.39. The van der Waals surface area contributed by atoms with Crippen LogP contribution in [-0.4, -0.2) is 30.4 Å². The molecule has 0 aliphatic carbocycles. The number of halogens is 1. The van der Waals surface area contributed by atoms with E-state index in [1.165, 1.54) is 6.42 Å². The first-order valence-corrected chi connectivity index (χ1v) is 8.06. The van der Waals surface area contributed by atoms with E-state index in [1.807, 2.05) is 24.3 Å². The summed E-state index contributed by atoms with van der Waals surface area (Å²) in [4.78, 5) is 0. The third kappa shape index (κ3) is 7.88. The lowest BCUT2D eigenvalue weighted by Crippen LogP contribution is -2.36. The molecule has 0 heterocycles. The first-order valence-electron chi connectivity index (χ1n) is 7.27. The molecule has 0 aliphatic rings. The van der Waals surface area contributed by atoms with E-state index in [2.05, 4.69) is 42.0 Å². The highest BCUT2D eigenvalue weighted by atomic mass is 79.9. The standard InChI is InChI=1S/C16H26BrNO2/c1-12(2)7-8-13(3)18-10-15(19)11-20-16-6-4-5-14(17)9-16/h4-6,9,12-13,15,18-19H,7-8,10-11H2,1-3H3. The van der Waals surface area contributed by atoms with Crippen LogP contribution in [0.2, 0.25) is 0 Å². The molecule has 1 rings (SSSR count). The molecular formula is C16H26BrNO2. The number of ether oxygens (including phenoxy) is 1. The van der Waals surface area contributed by atoms with Crippen LogP contribution in [0.4, 0.5) is 0 Å². The van der Waals surface area contributed by atoms with Gasteiger partial charge in [0.25, 0.3) is 0 Å². The number of rotatable bonds is 9. The molecule has 2 unspecified atom stereocenters. The van der Waals surface area contributed by atoms with Crippen LogP contribution in [0.15, 0.2) is 28.7 Å². The summed E-state index contributed by atoms with van der Waals surface area (Å²) in [7, 11) is 0. The fourth-order valence-electron chi connectivity index (χ4n) is 1.83. The lowest BCUT2D eigenvalue weighted by atomic mass is 10.0. The van der Waals surface area contributed by atoms with Crippen molar-refractivity contribution in [1.82, 2.24) is 5.32 Å². The predicted octanol–water partition coefficient (Wildman–Crippen LogP) is 3.60. The van der Waals surface area contributed by atoms with Crippen LogP contribution in [0.3, 0.4) is 0 Å². The van der Waals surface area contributed by atoms with E-state index >= 15 is 0 Å². The van der Waals surface area contributed by atoms with Gasteiger partial charge in [0.05, 0.1) is 0 Å². The second-order valence-electron chi connectivity index (χ2n) is 5.70. The molecule has 20 heavy (non-hydrogen) atoms. The molecule has 0 aromatic heterocycles. The van der Waals surface area contributed by atoms with Crippen LogP contribution in [0.5, 0.6) is 5.75 Å². The van der Waals surface area contributed by atoms with Crippen molar-refractivity contribution in [2.24, 2.45) is 5.92 Å². The Morgan fingerprint density at radius 3 is 2.65 bits per heavy atom. The number of hydrogen-bond donors (Lipinski definition) is 2. The molecule has 3 nitrogen and oxygen atoms in total. The summed E-state index contributed by atoms with van der Waals surface area (Å²) < 4.78 is 6.54. The second-order valence-corrected chi connectivity index (χ2v) is 6.62.